The van der Waals surface area contributed by atoms with Gasteiger partial charge >= 0.3 is 0 Å². The van der Waals surface area contributed by atoms with Crippen molar-refractivity contribution in [1.29, 1.82) is 0 Å². The highest BCUT2D eigenvalue weighted by Crippen LogP contribution is 2.20. The number of rotatable bonds is 26. The summed E-state index contributed by atoms with van der Waals surface area (Å²) in [6, 6.07) is 0. The molecule has 0 fully saturated rings. The summed E-state index contributed by atoms with van der Waals surface area (Å²) in [6.45, 7) is 4.24. The molecular weight excluding hydrogens is 494 g/mol. The summed E-state index contributed by atoms with van der Waals surface area (Å²) in [6.07, 6.45) is 15.5. The average molecular weight is 546 g/mol. The van der Waals surface area contributed by atoms with Crippen molar-refractivity contribution in [1.82, 2.24) is 15.0 Å². The monoisotopic (exact) mass is 545 g/mol. The van der Waals surface area contributed by atoms with Gasteiger partial charge in [-0.15, -0.1) is 0 Å². The Morgan fingerprint density at radius 3 is 0.946 bits per heavy atom. The third-order valence-electron chi connectivity index (χ3n) is 6.49. The smallest absolute Gasteiger partial charge is 0.231 e. The SMILES string of the molecule is OCCCCCCN(CCCCCCO)c1nc(Cl)nc(N(CCCCCCO)CCCCCCO)n1. The number of unbranched alkanes of at least 4 members (excludes halogenated alkanes) is 12. The zero-order chi connectivity index (χ0) is 27.0. The second kappa shape index (κ2) is 23.8. The molecule has 37 heavy (non-hydrogen) atoms. The van der Waals surface area contributed by atoms with Gasteiger partial charge in [-0.25, -0.2) is 0 Å². The lowest BCUT2D eigenvalue weighted by Gasteiger charge is -2.26. The Kier molecular flexibility index (Phi) is 21.7. The Morgan fingerprint density at radius 1 is 0.405 bits per heavy atom. The molecule has 10 heteroatoms. The van der Waals surface area contributed by atoms with Crippen LogP contribution < -0.4 is 9.80 Å². The van der Waals surface area contributed by atoms with Crippen LogP contribution in [0.5, 0.6) is 0 Å². The van der Waals surface area contributed by atoms with E-state index in [1.165, 1.54) is 0 Å². The van der Waals surface area contributed by atoms with E-state index >= 15 is 0 Å². The summed E-state index contributed by atoms with van der Waals surface area (Å²) in [4.78, 5) is 18.3. The first-order valence-electron chi connectivity index (χ1n) is 14.5. The van der Waals surface area contributed by atoms with Crippen molar-refractivity contribution in [2.24, 2.45) is 0 Å². The maximum atomic E-state index is 9.06. The minimum atomic E-state index is 0.205. The van der Waals surface area contributed by atoms with Gasteiger partial charge in [0.25, 0.3) is 0 Å². The van der Waals surface area contributed by atoms with Gasteiger partial charge in [0.15, 0.2) is 0 Å². The van der Waals surface area contributed by atoms with Crippen LogP contribution in [0.4, 0.5) is 11.9 Å². The summed E-state index contributed by atoms with van der Waals surface area (Å²) in [5, 5.41) is 36.5. The molecule has 1 aromatic rings. The van der Waals surface area contributed by atoms with E-state index < -0.39 is 0 Å². The highest BCUT2D eigenvalue weighted by molar-refractivity contribution is 6.28. The van der Waals surface area contributed by atoms with Gasteiger partial charge in [0.05, 0.1) is 0 Å². The van der Waals surface area contributed by atoms with Crippen molar-refractivity contribution in [3.05, 3.63) is 5.28 Å². The van der Waals surface area contributed by atoms with Crippen LogP contribution >= 0.6 is 11.6 Å². The topological polar surface area (TPSA) is 126 Å². The summed E-state index contributed by atoms with van der Waals surface area (Å²) in [7, 11) is 0. The number of aliphatic hydroxyl groups is 4. The molecule has 4 N–H and O–H groups in total. The number of hydrogen-bond donors (Lipinski definition) is 4. The number of aromatic nitrogens is 3. The second-order valence-corrected chi connectivity index (χ2v) is 10.1. The number of halogens is 1. The van der Waals surface area contributed by atoms with Crippen molar-refractivity contribution < 1.29 is 20.4 Å². The Hall–Kier alpha value is -1.26. The van der Waals surface area contributed by atoms with Gasteiger partial charge in [-0.3, -0.25) is 0 Å². The van der Waals surface area contributed by atoms with Crippen molar-refractivity contribution in [2.75, 3.05) is 62.4 Å². The summed E-state index contributed by atoms with van der Waals surface area (Å²) >= 11 is 6.42. The molecule has 0 atom stereocenters. The fraction of sp³-hybridized carbons (Fsp3) is 0.889. The molecule has 0 aliphatic carbocycles. The standard InChI is InChI=1S/C27H52ClN5O4/c28-25-29-26(32(17-9-1-5-13-21-34)18-10-2-6-14-22-35)31-27(30-25)33(19-11-3-7-15-23-36)20-12-4-8-16-24-37/h34-37H,1-24H2. The van der Waals surface area contributed by atoms with Crippen LogP contribution in [0.2, 0.25) is 5.28 Å². The van der Waals surface area contributed by atoms with Crippen LogP contribution in [0.3, 0.4) is 0 Å². The second-order valence-electron chi connectivity index (χ2n) is 9.73. The fourth-order valence-electron chi connectivity index (χ4n) is 4.31. The number of nitrogens with zero attached hydrogens (tertiary/aromatic N) is 5. The van der Waals surface area contributed by atoms with Crippen molar-refractivity contribution in [3.63, 3.8) is 0 Å². The largest absolute Gasteiger partial charge is 0.396 e. The van der Waals surface area contributed by atoms with Gasteiger partial charge in [0, 0.05) is 52.6 Å². The molecule has 0 aliphatic rings. The minimum absolute atomic E-state index is 0.205. The van der Waals surface area contributed by atoms with Gasteiger partial charge in [-0.05, 0) is 63.0 Å². The zero-order valence-electron chi connectivity index (χ0n) is 22.9. The van der Waals surface area contributed by atoms with Crippen LogP contribution in [0.15, 0.2) is 0 Å². The molecule has 1 rings (SSSR count). The molecule has 1 heterocycles. The third kappa shape index (κ3) is 17.0. The van der Waals surface area contributed by atoms with E-state index in [0.29, 0.717) is 11.9 Å². The van der Waals surface area contributed by atoms with Gasteiger partial charge in [0.2, 0.25) is 17.2 Å². The van der Waals surface area contributed by atoms with E-state index in [2.05, 4.69) is 19.8 Å². The van der Waals surface area contributed by atoms with Crippen LogP contribution in [-0.2, 0) is 0 Å². The van der Waals surface area contributed by atoms with E-state index in [9.17, 15) is 0 Å². The maximum absolute atomic E-state index is 9.06. The van der Waals surface area contributed by atoms with Crippen molar-refractivity contribution >= 4 is 23.5 Å². The zero-order valence-corrected chi connectivity index (χ0v) is 23.6. The van der Waals surface area contributed by atoms with Gasteiger partial charge in [0.1, 0.15) is 0 Å². The first-order chi connectivity index (χ1) is 18.2. The molecule has 0 unspecified atom stereocenters. The predicted molar refractivity (Wildman–Crippen MR) is 151 cm³/mol. The van der Waals surface area contributed by atoms with E-state index in [1.54, 1.807) is 0 Å². The molecule has 0 aromatic carbocycles. The molecule has 216 valence electrons. The molecule has 0 amide bonds. The highest BCUT2D eigenvalue weighted by atomic mass is 35.5. The lowest BCUT2D eigenvalue weighted by Crippen LogP contribution is -2.31. The molecule has 0 saturated carbocycles. The molecule has 0 bridgehead atoms. The third-order valence-corrected chi connectivity index (χ3v) is 6.66. The molecule has 0 aliphatic heterocycles. The molecule has 0 radical (unpaired) electrons. The highest BCUT2D eigenvalue weighted by Gasteiger charge is 2.17. The van der Waals surface area contributed by atoms with Crippen molar-refractivity contribution in [3.8, 4) is 0 Å². The van der Waals surface area contributed by atoms with Crippen molar-refractivity contribution in [2.45, 2.75) is 103 Å². The Bertz CT molecular complexity index is 581. The van der Waals surface area contributed by atoms with E-state index in [0.717, 1.165) is 129 Å². The van der Waals surface area contributed by atoms with Gasteiger partial charge < -0.3 is 30.2 Å². The van der Waals surface area contributed by atoms with E-state index in [4.69, 9.17) is 37.0 Å². The molecule has 1 aromatic heterocycles. The van der Waals surface area contributed by atoms with Crippen LogP contribution in [0, 0.1) is 0 Å². The van der Waals surface area contributed by atoms with Crippen LogP contribution in [0.1, 0.15) is 103 Å². The Balaban J connectivity index is 2.93. The molecular formula is C27H52ClN5O4. The normalized spacial score (nSPS) is 11.3. The lowest BCUT2D eigenvalue weighted by atomic mass is 10.1. The minimum Gasteiger partial charge on any atom is -0.396 e. The number of aliphatic hydroxyl groups excluding tert-OH is 4. The van der Waals surface area contributed by atoms with E-state index in [1.807, 2.05) is 0 Å². The summed E-state index contributed by atoms with van der Waals surface area (Å²) < 4.78 is 0. The first kappa shape index (κ1) is 33.8. The van der Waals surface area contributed by atoms with Crippen LogP contribution in [-0.4, -0.2) is 88.0 Å². The number of hydrogen-bond acceptors (Lipinski definition) is 9. The van der Waals surface area contributed by atoms with E-state index in [-0.39, 0.29) is 31.7 Å². The molecule has 0 saturated heterocycles. The number of anilines is 2. The lowest BCUT2D eigenvalue weighted by molar-refractivity contribution is 0.282. The van der Waals surface area contributed by atoms with Gasteiger partial charge in [-0.1, -0.05) is 51.4 Å². The average Bonchev–Trinajstić information content (AvgIpc) is 2.89. The fourth-order valence-corrected chi connectivity index (χ4v) is 4.46. The van der Waals surface area contributed by atoms with Gasteiger partial charge in [-0.2, -0.15) is 15.0 Å². The summed E-state index contributed by atoms with van der Waals surface area (Å²) in [5.74, 6) is 1.23. The van der Waals surface area contributed by atoms with Crippen LogP contribution in [0.25, 0.3) is 0 Å². The summed E-state index contributed by atoms with van der Waals surface area (Å²) in [5.41, 5.74) is 0. The quantitative estimate of drug-likeness (QED) is 0.126. The first-order valence-corrected chi connectivity index (χ1v) is 14.9. The maximum Gasteiger partial charge on any atom is 0.231 e. The predicted octanol–water partition coefficient (Wildman–Crippen LogP) is 4.35. The molecule has 0 spiro atoms. The molecule has 9 nitrogen and oxygen atoms in total. The Labute approximate surface area is 229 Å². The Morgan fingerprint density at radius 2 is 0.676 bits per heavy atom.